The van der Waals surface area contributed by atoms with Crippen LogP contribution in [0.25, 0.3) is 0 Å². The summed E-state index contributed by atoms with van der Waals surface area (Å²) in [6.45, 7) is -2.04. The van der Waals surface area contributed by atoms with Crippen LogP contribution in [0.4, 0.5) is 32.0 Å². The molecule has 0 spiro atoms. The Balaban J connectivity index is 2.15. The topological polar surface area (TPSA) is 89.5 Å². The number of halogens is 6. The molecule has 0 aliphatic carbocycles. The number of anilines is 1. The van der Waals surface area contributed by atoms with Crippen LogP contribution in [0.3, 0.4) is 0 Å². The summed E-state index contributed by atoms with van der Waals surface area (Å²) in [4.78, 5) is 8.11. The Bertz CT molecular complexity index is 1010. The number of aromatic amines is 1. The number of imidazole rings is 1. The number of benzene rings is 1. The number of nitrogens with zero attached hydrogens (tertiary/aromatic N) is 3. The van der Waals surface area contributed by atoms with Gasteiger partial charge in [-0.3, -0.25) is 0 Å². The quantitative estimate of drug-likeness (QED) is 0.654. The van der Waals surface area contributed by atoms with Gasteiger partial charge in [-0.05, 0) is 30.2 Å². The van der Waals surface area contributed by atoms with Crippen LogP contribution in [0.5, 0.6) is 0 Å². The summed E-state index contributed by atoms with van der Waals surface area (Å²) in [5.41, 5.74) is -6.33. The van der Waals surface area contributed by atoms with Crippen LogP contribution >= 0.6 is 0 Å². The summed E-state index contributed by atoms with van der Waals surface area (Å²) in [5.74, 6) is 0. The average molecular weight is 472 g/mol. The van der Waals surface area contributed by atoms with Crippen molar-refractivity contribution in [2.75, 3.05) is 18.1 Å². The van der Waals surface area contributed by atoms with E-state index in [1.807, 2.05) is 0 Å². The van der Waals surface area contributed by atoms with Gasteiger partial charge in [-0.25, -0.2) is 13.4 Å². The maximum atomic E-state index is 13.2. The molecule has 0 fully saturated rings. The fraction of sp³-hybridized carbons (Fsp3) is 0.471. The predicted molar refractivity (Wildman–Crippen MR) is 97.1 cm³/mol. The standard InChI is InChI=1S/C17H18F6N4O3S/c18-16(19,20)12-1-2-15-11(5-12)7-26(31(29,30)17(21,22)23)9-14(3-4-28)27(15)8-13-6-24-10-25-13/h1-2,5-6,10,14,28H,3-4,7-9H2,(H,24,25). The number of fused-ring (bicyclic) bond motifs is 1. The van der Waals surface area contributed by atoms with E-state index in [4.69, 9.17) is 0 Å². The van der Waals surface area contributed by atoms with E-state index in [2.05, 4.69) is 9.97 Å². The minimum absolute atomic E-state index is 0.00291. The number of nitrogens with one attached hydrogen (secondary N) is 1. The summed E-state index contributed by atoms with van der Waals surface area (Å²) in [5, 5.41) is 9.42. The van der Waals surface area contributed by atoms with Crippen LogP contribution in [0.2, 0.25) is 0 Å². The third kappa shape index (κ3) is 4.80. The highest BCUT2D eigenvalue weighted by Gasteiger charge is 2.51. The molecule has 14 heteroatoms. The van der Waals surface area contributed by atoms with Crippen molar-refractivity contribution >= 4 is 15.7 Å². The monoisotopic (exact) mass is 472 g/mol. The SMILES string of the molecule is O=S(=O)(N1Cc2cc(C(F)(F)F)ccc2N(Cc2cnc[nH]2)C(CCO)C1)C(F)(F)F. The molecule has 3 rings (SSSR count). The van der Waals surface area contributed by atoms with Crippen LogP contribution in [0.15, 0.2) is 30.7 Å². The molecule has 1 atom stereocenters. The third-order valence-electron chi connectivity index (χ3n) is 4.91. The molecular weight excluding hydrogens is 454 g/mol. The van der Waals surface area contributed by atoms with E-state index < -0.39 is 53.0 Å². The molecule has 1 aliphatic rings. The van der Waals surface area contributed by atoms with Crippen molar-refractivity contribution < 1.29 is 39.9 Å². The molecule has 0 saturated heterocycles. The molecule has 1 unspecified atom stereocenters. The van der Waals surface area contributed by atoms with E-state index in [9.17, 15) is 39.9 Å². The summed E-state index contributed by atoms with van der Waals surface area (Å²) in [7, 11) is -5.83. The largest absolute Gasteiger partial charge is 0.511 e. The zero-order valence-corrected chi connectivity index (χ0v) is 16.6. The van der Waals surface area contributed by atoms with E-state index in [-0.39, 0.29) is 28.5 Å². The molecule has 0 saturated carbocycles. The van der Waals surface area contributed by atoms with Crippen LogP contribution in [0, 0.1) is 0 Å². The van der Waals surface area contributed by atoms with E-state index in [0.29, 0.717) is 11.8 Å². The lowest BCUT2D eigenvalue weighted by Gasteiger charge is -2.33. The number of aromatic nitrogens is 2. The fourth-order valence-electron chi connectivity index (χ4n) is 3.45. The molecule has 31 heavy (non-hydrogen) atoms. The number of alkyl halides is 6. The normalized spacial score (nSPS) is 18.7. The van der Waals surface area contributed by atoms with Gasteiger partial charge < -0.3 is 15.0 Å². The molecule has 2 N–H and O–H groups in total. The Kier molecular flexibility index (Phi) is 6.26. The molecule has 2 aromatic rings. The number of sulfonamides is 1. The Hall–Kier alpha value is -2.32. The lowest BCUT2D eigenvalue weighted by molar-refractivity contribution is -0.137. The van der Waals surface area contributed by atoms with Crippen molar-refractivity contribution in [2.45, 2.75) is 37.2 Å². The molecule has 0 amide bonds. The molecule has 1 aromatic heterocycles. The highest BCUT2D eigenvalue weighted by Crippen LogP contribution is 2.38. The van der Waals surface area contributed by atoms with Crippen molar-refractivity contribution in [2.24, 2.45) is 0 Å². The summed E-state index contributed by atoms with van der Waals surface area (Å²) < 4.78 is 104. The van der Waals surface area contributed by atoms with Gasteiger partial charge in [0.15, 0.2) is 0 Å². The van der Waals surface area contributed by atoms with E-state index in [1.54, 1.807) is 0 Å². The van der Waals surface area contributed by atoms with Crippen LogP contribution in [-0.4, -0.2) is 52.5 Å². The molecule has 0 bridgehead atoms. The highest BCUT2D eigenvalue weighted by molar-refractivity contribution is 7.89. The maximum Gasteiger partial charge on any atom is 0.511 e. The molecule has 172 valence electrons. The zero-order valence-electron chi connectivity index (χ0n) is 15.8. The first kappa shape index (κ1) is 23.3. The first-order chi connectivity index (χ1) is 14.3. The minimum Gasteiger partial charge on any atom is -0.396 e. The smallest absolute Gasteiger partial charge is 0.396 e. The fourth-order valence-corrected chi connectivity index (χ4v) is 4.42. The first-order valence-electron chi connectivity index (χ1n) is 8.96. The predicted octanol–water partition coefficient (Wildman–Crippen LogP) is 2.85. The van der Waals surface area contributed by atoms with Gasteiger partial charge in [0.2, 0.25) is 0 Å². The lowest BCUT2D eigenvalue weighted by Crippen LogP contribution is -2.47. The van der Waals surface area contributed by atoms with Gasteiger partial charge in [-0.1, -0.05) is 0 Å². The van der Waals surface area contributed by atoms with Crippen LogP contribution < -0.4 is 4.90 Å². The molecule has 2 heterocycles. The van der Waals surface area contributed by atoms with Gasteiger partial charge in [-0.15, -0.1) is 0 Å². The van der Waals surface area contributed by atoms with Crippen LogP contribution in [-0.2, 0) is 29.3 Å². The van der Waals surface area contributed by atoms with Crippen molar-refractivity contribution in [3.05, 3.63) is 47.5 Å². The summed E-state index contributed by atoms with van der Waals surface area (Å²) in [6.07, 6.45) is -2.11. The van der Waals surface area contributed by atoms with Crippen molar-refractivity contribution in [1.29, 1.82) is 0 Å². The number of rotatable bonds is 5. The van der Waals surface area contributed by atoms with Crippen molar-refractivity contribution in [3.63, 3.8) is 0 Å². The molecule has 7 nitrogen and oxygen atoms in total. The number of aliphatic hydroxyl groups is 1. The van der Waals surface area contributed by atoms with Gasteiger partial charge in [0.05, 0.1) is 24.1 Å². The van der Waals surface area contributed by atoms with E-state index in [1.165, 1.54) is 17.4 Å². The highest BCUT2D eigenvalue weighted by atomic mass is 32.2. The second-order valence-corrected chi connectivity index (χ2v) is 8.88. The maximum absolute atomic E-state index is 13.2. The second kappa shape index (κ2) is 8.31. The van der Waals surface area contributed by atoms with Gasteiger partial charge in [0, 0.05) is 37.6 Å². The number of hydrogen-bond acceptors (Lipinski definition) is 5. The molecule has 0 radical (unpaired) electrons. The molecular formula is C17H18F6N4O3S. The molecule has 1 aromatic carbocycles. The van der Waals surface area contributed by atoms with Crippen LogP contribution in [0.1, 0.15) is 23.2 Å². The lowest BCUT2D eigenvalue weighted by atomic mass is 10.1. The van der Waals surface area contributed by atoms with Gasteiger partial charge in [0.25, 0.3) is 0 Å². The summed E-state index contributed by atoms with van der Waals surface area (Å²) >= 11 is 0. The Labute approximate surface area is 173 Å². The van der Waals surface area contributed by atoms with Gasteiger partial charge >= 0.3 is 21.7 Å². The van der Waals surface area contributed by atoms with Crippen molar-refractivity contribution in [1.82, 2.24) is 14.3 Å². The Morgan fingerprint density at radius 1 is 1.19 bits per heavy atom. The number of hydrogen-bond donors (Lipinski definition) is 2. The molecule has 1 aliphatic heterocycles. The van der Waals surface area contributed by atoms with Gasteiger partial charge in [0.1, 0.15) is 0 Å². The van der Waals surface area contributed by atoms with Crippen molar-refractivity contribution in [3.8, 4) is 0 Å². The Morgan fingerprint density at radius 3 is 2.45 bits per heavy atom. The summed E-state index contributed by atoms with van der Waals surface area (Å²) in [6, 6.07) is 1.59. The third-order valence-corrected chi connectivity index (χ3v) is 6.45. The average Bonchev–Trinajstić information content (AvgIpc) is 3.11. The minimum atomic E-state index is -5.83. The van der Waals surface area contributed by atoms with Gasteiger partial charge in [-0.2, -0.15) is 30.6 Å². The first-order valence-corrected chi connectivity index (χ1v) is 10.4. The number of H-pyrrole nitrogens is 1. The Morgan fingerprint density at radius 2 is 1.90 bits per heavy atom. The second-order valence-electron chi connectivity index (χ2n) is 6.96. The van der Waals surface area contributed by atoms with E-state index in [0.717, 1.165) is 12.1 Å². The van der Waals surface area contributed by atoms with E-state index >= 15 is 0 Å². The zero-order chi connectivity index (χ0) is 23.0. The number of aliphatic hydroxyl groups excluding tert-OH is 1.